The van der Waals surface area contributed by atoms with E-state index in [1.807, 2.05) is 10.6 Å². The van der Waals surface area contributed by atoms with E-state index in [0.717, 1.165) is 17.7 Å². The number of hydrogen-bond acceptors (Lipinski definition) is 2. The Morgan fingerprint density at radius 1 is 0.952 bits per heavy atom. The lowest BCUT2D eigenvalue weighted by Gasteiger charge is -2.17. The number of nitrogens with zero attached hydrogens (tertiary/aromatic N) is 1. The number of rotatable bonds is 7. The first-order valence-electron chi connectivity index (χ1n) is 12.8. The van der Waals surface area contributed by atoms with Crippen molar-refractivity contribution in [1.82, 2.24) is 9.88 Å². The van der Waals surface area contributed by atoms with E-state index in [2.05, 4.69) is 5.32 Å². The normalized spacial score (nSPS) is 12.3. The summed E-state index contributed by atoms with van der Waals surface area (Å²) in [6, 6.07) is 19.8. The summed E-state index contributed by atoms with van der Waals surface area (Å²) in [6.45, 7) is 2.08. The van der Waals surface area contributed by atoms with Crippen LogP contribution in [0.1, 0.15) is 50.4 Å². The predicted molar refractivity (Wildman–Crippen MR) is 152 cm³/mol. The van der Waals surface area contributed by atoms with Crippen molar-refractivity contribution in [3.05, 3.63) is 130 Å². The summed E-state index contributed by atoms with van der Waals surface area (Å²) < 4.78 is 56.5. The molecular formula is C32H23ClF4N2O3. The third kappa shape index (κ3) is 6.16. The van der Waals surface area contributed by atoms with Crippen LogP contribution in [0.4, 0.5) is 17.6 Å². The Bertz CT molecular complexity index is 1810. The summed E-state index contributed by atoms with van der Waals surface area (Å²) in [5, 5.41) is 13.2. The van der Waals surface area contributed by atoms with Gasteiger partial charge >= 0.3 is 12.1 Å². The molecule has 0 radical (unpaired) electrons. The first-order chi connectivity index (χ1) is 19.9. The van der Waals surface area contributed by atoms with Gasteiger partial charge in [0.2, 0.25) is 0 Å². The number of carbonyl (C=O) groups excluding carboxylic acids is 1. The van der Waals surface area contributed by atoms with Crippen molar-refractivity contribution in [2.75, 3.05) is 0 Å². The molecule has 1 heterocycles. The van der Waals surface area contributed by atoms with Gasteiger partial charge in [0.1, 0.15) is 5.82 Å². The Hall–Kier alpha value is -4.63. The first-order valence-corrected chi connectivity index (χ1v) is 13.2. The molecule has 0 aliphatic rings. The van der Waals surface area contributed by atoms with Crippen molar-refractivity contribution in [2.24, 2.45) is 0 Å². The fraction of sp³-hybridized carbons (Fsp3) is 0.125. The highest BCUT2D eigenvalue weighted by molar-refractivity contribution is 6.30. The van der Waals surface area contributed by atoms with E-state index >= 15 is 0 Å². The lowest BCUT2D eigenvalue weighted by atomic mass is 9.97. The van der Waals surface area contributed by atoms with Gasteiger partial charge in [-0.3, -0.25) is 4.79 Å². The molecule has 5 rings (SSSR count). The molecule has 5 nitrogen and oxygen atoms in total. The second kappa shape index (κ2) is 11.3. The van der Waals surface area contributed by atoms with Gasteiger partial charge < -0.3 is 15.0 Å². The maximum Gasteiger partial charge on any atom is 0.416 e. The number of aromatic nitrogens is 1. The van der Waals surface area contributed by atoms with Gasteiger partial charge in [0.15, 0.2) is 0 Å². The van der Waals surface area contributed by atoms with E-state index in [-0.39, 0.29) is 22.3 Å². The largest absolute Gasteiger partial charge is 0.478 e. The van der Waals surface area contributed by atoms with E-state index in [1.165, 1.54) is 18.2 Å². The zero-order chi connectivity index (χ0) is 30.2. The molecular weight excluding hydrogens is 572 g/mol. The van der Waals surface area contributed by atoms with Gasteiger partial charge in [-0.05, 0) is 89.8 Å². The molecule has 0 aliphatic heterocycles. The molecule has 0 spiro atoms. The first kappa shape index (κ1) is 28.9. The zero-order valence-corrected chi connectivity index (χ0v) is 22.8. The summed E-state index contributed by atoms with van der Waals surface area (Å²) in [5.41, 5.74) is 1.37. The Labute approximate surface area is 243 Å². The van der Waals surface area contributed by atoms with Crippen LogP contribution < -0.4 is 5.32 Å². The molecule has 214 valence electrons. The van der Waals surface area contributed by atoms with Crippen molar-refractivity contribution >= 4 is 34.4 Å². The monoisotopic (exact) mass is 594 g/mol. The highest BCUT2D eigenvalue weighted by atomic mass is 35.5. The van der Waals surface area contributed by atoms with Gasteiger partial charge in [0.05, 0.1) is 28.2 Å². The van der Waals surface area contributed by atoms with Gasteiger partial charge in [-0.1, -0.05) is 35.9 Å². The molecule has 0 bridgehead atoms. The second-order valence-corrected chi connectivity index (χ2v) is 10.3. The number of halogens is 5. The van der Waals surface area contributed by atoms with Crippen LogP contribution in [0.15, 0.2) is 91.1 Å². The standard InChI is InChI=1S/C32H23ClF4N2O3/c1-18(20-5-7-21(8-6-20)31(41)42)38-30(40)28-15-23(24-13-25(32(35,36)37)16-27(34)14-24)12-22-9-10-39(29(22)28)17-19-3-2-4-26(33)11-19/h2-16,18H,17H2,1H3,(H,38,40)(H,41,42)/t18-/m0/s1. The molecule has 0 saturated carbocycles. The molecule has 10 heteroatoms. The Kier molecular flexibility index (Phi) is 7.79. The number of amides is 1. The van der Waals surface area contributed by atoms with Gasteiger partial charge in [0.25, 0.3) is 5.91 Å². The number of nitrogens with one attached hydrogen (secondary N) is 1. The number of carboxylic acids is 1. The van der Waals surface area contributed by atoms with E-state index in [4.69, 9.17) is 16.7 Å². The lowest BCUT2D eigenvalue weighted by Crippen LogP contribution is -2.27. The molecule has 1 aromatic heterocycles. The van der Waals surface area contributed by atoms with Crippen LogP contribution in [0.3, 0.4) is 0 Å². The Balaban J connectivity index is 1.60. The van der Waals surface area contributed by atoms with Crippen LogP contribution in [0.5, 0.6) is 0 Å². The van der Waals surface area contributed by atoms with Crippen LogP contribution in [0.2, 0.25) is 5.02 Å². The van der Waals surface area contributed by atoms with Gasteiger partial charge in [-0.15, -0.1) is 0 Å². The fourth-order valence-corrected chi connectivity index (χ4v) is 5.06. The minimum Gasteiger partial charge on any atom is -0.478 e. The highest BCUT2D eigenvalue weighted by Crippen LogP contribution is 2.35. The summed E-state index contributed by atoms with van der Waals surface area (Å²) in [5.74, 6) is -2.65. The van der Waals surface area contributed by atoms with Crippen LogP contribution in [0.25, 0.3) is 22.0 Å². The van der Waals surface area contributed by atoms with Gasteiger partial charge in [-0.25, -0.2) is 9.18 Å². The van der Waals surface area contributed by atoms with Crippen LogP contribution >= 0.6 is 11.6 Å². The molecule has 5 aromatic rings. The number of benzene rings is 4. The molecule has 1 atom stereocenters. The average molecular weight is 595 g/mol. The molecule has 0 fully saturated rings. The number of aromatic carboxylic acids is 1. The maximum atomic E-state index is 14.3. The smallest absolute Gasteiger partial charge is 0.416 e. The fourth-order valence-electron chi connectivity index (χ4n) is 4.84. The number of carboxylic acid groups (broad SMARTS) is 1. The topological polar surface area (TPSA) is 71.3 Å². The van der Waals surface area contributed by atoms with E-state index in [9.17, 15) is 27.2 Å². The van der Waals surface area contributed by atoms with Crippen molar-refractivity contribution < 1.29 is 32.3 Å². The quantitative estimate of drug-likeness (QED) is 0.186. The van der Waals surface area contributed by atoms with Crippen molar-refractivity contribution in [2.45, 2.75) is 25.7 Å². The molecule has 42 heavy (non-hydrogen) atoms. The molecule has 4 aromatic carbocycles. The summed E-state index contributed by atoms with van der Waals surface area (Å²) in [6.07, 6.45) is -3.00. The van der Waals surface area contributed by atoms with Crippen LogP contribution in [0, 0.1) is 5.82 Å². The minimum atomic E-state index is -4.76. The second-order valence-electron chi connectivity index (χ2n) is 9.88. The summed E-state index contributed by atoms with van der Waals surface area (Å²) in [4.78, 5) is 25.0. The minimum absolute atomic E-state index is 0.0295. The predicted octanol–water partition coefficient (Wildman–Crippen LogP) is 8.36. The van der Waals surface area contributed by atoms with Crippen molar-refractivity contribution in [3.8, 4) is 11.1 Å². The summed E-state index contributed by atoms with van der Waals surface area (Å²) in [7, 11) is 0. The Morgan fingerprint density at radius 2 is 1.67 bits per heavy atom. The Morgan fingerprint density at radius 3 is 2.33 bits per heavy atom. The number of fused-ring (bicyclic) bond motifs is 1. The highest BCUT2D eigenvalue weighted by Gasteiger charge is 2.31. The van der Waals surface area contributed by atoms with Gasteiger partial charge in [0, 0.05) is 23.2 Å². The lowest BCUT2D eigenvalue weighted by molar-refractivity contribution is -0.137. The molecule has 0 unspecified atom stereocenters. The molecule has 2 N–H and O–H groups in total. The number of carbonyl (C=O) groups is 2. The number of hydrogen-bond donors (Lipinski definition) is 2. The van der Waals surface area contributed by atoms with E-state index in [0.29, 0.717) is 34.1 Å². The summed E-state index contributed by atoms with van der Waals surface area (Å²) >= 11 is 6.16. The third-order valence-electron chi connectivity index (χ3n) is 6.91. The van der Waals surface area contributed by atoms with Crippen molar-refractivity contribution in [1.29, 1.82) is 0 Å². The average Bonchev–Trinajstić information content (AvgIpc) is 3.34. The van der Waals surface area contributed by atoms with Crippen molar-refractivity contribution in [3.63, 3.8) is 0 Å². The van der Waals surface area contributed by atoms with E-state index in [1.54, 1.807) is 55.6 Å². The van der Waals surface area contributed by atoms with Crippen LogP contribution in [-0.2, 0) is 12.7 Å². The molecule has 0 saturated heterocycles. The van der Waals surface area contributed by atoms with Gasteiger partial charge in [-0.2, -0.15) is 13.2 Å². The van der Waals surface area contributed by atoms with E-state index < -0.39 is 35.5 Å². The molecule has 0 aliphatic carbocycles. The molecule has 1 amide bonds. The van der Waals surface area contributed by atoms with Crippen LogP contribution in [-0.4, -0.2) is 21.6 Å². The maximum absolute atomic E-state index is 14.3. The SMILES string of the molecule is C[C@H](NC(=O)c1cc(-c2cc(F)cc(C(F)(F)F)c2)cc2ccn(Cc3cccc(Cl)c3)c12)c1ccc(C(=O)O)cc1. The number of alkyl halides is 3. The third-order valence-corrected chi connectivity index (χ3v) is 7.15. The zero-order valence-electron chi connectivity index (χ0n) is 22.0.